The molecule has 0 atom stereocenters. The average Bonchev–Trinajstić information content (AvgIpc) is 2.64. The van der Waals surface area contributed by atoms with Gasteiger partial charge in [0.15, 0.2) is 0 Å². The molecule has 1 aliphatic heterocycles. The van der Waals surface area contributed by atoms with Crippen LogP contribution in [0.15, 0.2) is 42.1 Å². The summed E-state index contributed by atoms with van der Waals surface area (Å²) >= 11 is 5.96. The van der Waals surface area contributed by atoms with E-state index in [4.69, 9.17) is 22.8 Å². The molecule has 1 heterocycles. The van der Waals surface area contributed by atoms with Crippen molar-refractivity contribution in [2.45, 2.75) is 33.1 Å². The number of hydrogen-bond donors (Lipinski definition) is 1. The van der Waals surface area contributed by atoms with Gasteiger partial charge in [0.25, 0.3) is 0 Å². The first-order valence-corrected chi connectivity index (χ1v) is 9.61. The topological polar surface area (TPSA) is 41.6 Å². The Bertz CT molecular complexity index is 741. The molecule has 27 heavy (non-hydrogen) atoms. The molecule has 0 aromatic heterocycles. The fraction of sp³-hybridized carbons (Fsp3) is 0.409. The van der Waals surface area contributed by atoms with Crippen LogP contribution in [-0.2, 0) is 4.79 Å². The molecule has 2 rings (SSSR count). The lowest BCUT2D eigenvalue weighted by Gasteiger charge is -2.30. The van der Waals surface area contributed by atoms with Crippen LogP contribution in [0, 0.1) is 25.3 Å². The summed E-state index contributed by atoms with van der Waals surface area (Å²) in [7, 11) is 0. The van der Waals surface area contributed by atoms with E-state index >= 15 is 0 Å². The number of piperidine rings is 1. The van der Waals surface area contributed by atoms with Crippen LogP contribution < -0.4 is 10.1 Å². The molecule has 4 nitrogen and oxygen atoms in total. The number of carbonyl (C=O) groups excluding carboxylic acids is 1. The summed E-state index contributed by atoms with van der Waals surface area (Å²) in [5.41, 5.74) is 1.70. The van der Waals surface area contributed by atoms with Gasteiger partial charge in [-0.25, -0.2) is 0 Å². The van der Waals surface area contributed by atoms with Gasteiger partial charge in [-0.1, -0.05) is 37.1 Å². The molecule has 5 heteroatoms. The third-order valence-corrected chi connectivity index (χ3v) is 4.85. The maximum Gasteiger partial charge on any atom is 0.226 e. The number of ether oxygens (including phenoxy) is 1. The van der Waals surface area contributed by atoms with E-state index < -0.39 is 0 Å². The summed E-state index contributed by atoms with van der Waals surface area (Å²) in [4.78, 5) is 14.2. The molecule has 1 aliphatic rings. The molecular weight excluding hydrogens is 360 g/mol. The van der Waals surface area contributed by atoms with Crippen molar-refractivity contribution in [3.8, 4) is 18.2 Å². The lowest BCUT2D eigenvalue weighted by molar-refractivity contribution is -0.131. The van der Waals surface area contributed by atoms with Gasteiger partial charge in [0.1, 0.15) is 12.4 Å². The van der Waals surface area contributed by atoms with Crippen molar-refractivity contribution in [1.82, 2.24) is 10.2 Å². The quantitative estimate of drug-likeness (QED) is 0.431. The largest absolute Gasteiger partial charge is 0.487 e. The fourth-order valence-corrected chi connectivity index (χ4v) is 3.12. The predicted molar refractivity (Wildman–Crippen MR) is 110 cm³/mol. The van der Waals surface area contributed by atoms with E-state index in [9.17, 15) is 4.79 Å². The molecule has 1 saturated heterocycles. The molecule has 0 saturated carbocycles. The van der Waals surface area contributed by atoms with Gasteiger partial charge in [0, 0.05) is 30.6 Å². The summed E-state index contributed by atoms with van der Waals surface area (Å²) in [5.74, 6) is 1.64. The van der Waals surface area contributed by atoms with E-state index in [1.165, 1.54) is 0 Å². The van der Waals surface area contributed by atoms with Crippen LogP contribution in [0.3, 0.4) is 0 Å². The number of nitrogens with one attached hydrogen (secondary N) is 1. The molecule has 1 aromatic rings. The number of halogens is 1. The Hall–Kier alpha value is -2.38. The average molecular weight is 387 g/mol. The molecule has 1 amide bonds. The Balaban J connectivity index is 1.86. The Morgan fingerprint density at radius 2 is 2.19 bits per heavy atom. The number of rotatable bonds is 7. The highest BCUT2D eigenvalue weighted by atomic mass is 35.5. The summed E-state index contributed by atoms with van der Waals surface area (Å²) in [5, 5.41) is 3.51. The van der Waals surface area contributed by atoms with Crippen LogP contribution in [0.4, 0.5) is 0 Å². The first kappa shape index (κ1) is 20.9. The molecule has 0 spiro atoms. The van der Waals surface area contributed by atoms with Crippen LogP contribution >= 0.6 is 11.6 Å². The van der Waals surface area contributed by atoms with Crippen LogP contribution in [0.25, 0.3) is 0 Å². The van der Waals surface area contributed by atoms with Crippen molar-refractivity contribution in [1.29, 1.82) is 0 Å². The standard InChI is InChI=1S/C22H27ClN2O2/c1-4-24-20(16-27-21-10-9-19(23)15-18(21)3)7-5-6-8-22(26)25-13-11-17(2)12-14-25/h1,5-7,9-10,15,17,24H,8,11-14,16H2,2-3H3/b6-5-,20-7-. The van der Waals surface area contributed by atoms with Gasteiger partial charge in [-0.2, -0.15) is 0 Å². The van der Waals surface area contributed by atoms with Crippen LogP contribution in [0.5, 0.6) is 5.75 Å². The molecule has 144 valence electrons. The van der Waals surface area contributed by atoms with E-state index in [0.29, 0.717) is 24.0 Å². The highest BCUT2D eigenvalue weighted by Crippen LogP contribution is 2.22. The van der Waals surface area contributed by atoms with Crippen molar-refractivity contribution in [2.24, 2.45) is 5.92 Å². The lowest BCUT2D eigenvalue weighted by Crippen LogP contribution is -2.37. The fourth-order valence-electron chi connectivity index (χ4n) is 2.89. The van der Waals surface area contributed by atoms with Gasteiger partial charge >= 0.3 is 0 Å². The van der Waals surface area contributed by atoms with Gasteiger partial charge in [0.2, 0.25) is 5.91 Å². The Morgan fingerprint density at radius 3 is 2.85 bits per heavy atom. The zero-order valence-electron chi connectivity index (χ0n) is 16.0. The molecule has 1 fully saturated rings. The first-order chi connectivity index (χ1) is 13.0. The molecule has 1 N–H and O–H groups in total. The van der Waals surface area contributed by atoms with E-state index in [2.05, 4.69) is 18.3 Å². The second-order valence-electron chi connectivity index (χ2n) is 6.86. The van der Waals surface area contributed by atoms with Crippen LogP contribution in [0.1, 0.15) is 31.7 Å². The number of benzene rings is 1. The number of amides is 1. The molecule has 0 bridgehead atoms. The monoisotopic (exact) mass is 386 g/mol. The maximum atomic E-state index is 12.2. The first-order valence-electron chi connectivity index (χ1n) is 9.23. The number of allylic oxidation sites excluding steroid dienone is 2. The minimum atomic E-state index is 0.172. The summed E-state index contributed by atoms with van der Waals surface area (Å²) in [6.45, 7) is 6.20. The van der Waals surface area contributed by atoms with E-state index in [1.54, 1.807) is 6.07 Å². The maximum absolute atomic E-state index is 12.2. The number of aryl methyl sites for hydroxylation is 1. The number of nitrogens with zero attached hydrogens (tertiary/aromatic N) is 1. The summed E-state index contributed by atoms with van der Waals surface area (Å²) < 4.78 is 5.80. The number of terminal acetylenes is 1. The predicted octanol–water partition coefficient (Wildman–Crippen LogP) is 4.30. The highest BCUT2D eigenvalue weighted by molar-refractivity contribution is 6.30. The van der Waals surface area contributed by atoms with Crippen molar-refractivity contribution >= 4 is 17.5 Å². The third kappa shape index (κ3) is 7.03. The second-order valence-corrected chi connectivity index (χ2v) is 7.29. The Kier molecular flexibility index (Phi) is 8.29. The number of carbonyl (C=O) groups is 1. The third-order valence-electron chi connectivity index (χ3n) is 4.62. The molecule has 1 aromatic carbocycles. The van der Waals surface area contributed by atoms with Gasteiger partial charge in [-0.05, 0) is 55.5 Å². The van der Waals surface area contributed by atoms with E-state index in [0.717, 1.165) is 42.9 Å². The van der Waals surface area contributed by atoms with Crippen molar-refractivity contribution < 1.29 is 9.53 Å². The minimum absolute atomic E-state index is 0.172. The van der Waals surface area contributed by atoms with Crippen molar-refractivity contribution in [3.63, 3.8) is 0 Å². The summed E-state index contributed by atoms with van der Waals surface area (Å²) in [6, 6.07) is 7.87. The van der Waals surface area contributed by atoms with E-state index in [-0.39, 0.29) is 5.91 Å². The van der Waals surface area contributed by atoms with Crippen molar-refractivity contribution in [3.05, 3.63) is 52.7 Å². The van der Waals surface area contributed by atoms with Gasteiger partial charge in [0.05, 0.1) is 5.70 Å². The SMILES string of the molecule is C#CN/C(=C\C=C/CC(=O)N1CCC(C)CC1)COc1ccc(Cl)cc1C. The molecular formula is C22H27ClN2O2. The number of hydrogen-bond acceptors (Lipinski definition) is 3. The van der Waals surface area contributed by atoms with Gasteiger partial charge in [-0.15, -0.1) is 0 Å². The van der Waals surface area contributed by atoms with E-state index in [1.807, 2.05) is 42.2 Å². The summed E-state index contributed by atoms with van der Waals surface area (Å²) in [6.07, 6.45) is 13.4. The minimum Gasteiger partial charge on any atom is -0.487 e. The normalized spacial score (nSPS) is 15.6. The molecule has 0 radical (unpaired) electrons. The zero-order valence-corrected chi connectivity index (χ0v) is 16.8. The van der Waals surface area contributed by atoms with Crippen molar-refractivity contribution in [2.75, 3.05) is 19.7 Å². The molecule has 0 aliphatic carbocycles. The zero-order chi connectivity index (χ0) is 19.6. The van der Waals surface area contributed by atoms with Gasteiger partial charge < -0.3 is 15.0 Å². The smallest absolute Gasteiger partial charge is 0.226 e. The lowest BCUT2D eigenvalue weighted by atomic mass is 9.99. The van der Waals surface area contributed by atoms with Crippen LogP contribution in [0.2, 0.25) is 5.02 Å². The Morgan fingerprint density at radius 1 is 1.44 bits per heavy atom. The Labute approximate surface area is 167 Å². The van der Waals surface area contributed by atoms with Gasteiger partial charge in [-0.3, -0.25) is 4.79 Å². The number of likely N-dealkylation sites (tertiary alicyclic amines) is 1. The second kappa shape index (κ2) is 10.7. The highest BCUT2D eigenvalue weighted by Gasteiger charge is 2.18. The molecule has 0 unspecified atom stereocenters. The van der Waals surface area contributed by atoms with Crippen LogP contribution in [-0.4, -0.2) is 30.5 Å².